The Bertz CT molecular complexity index is 9310. The van der Waals surface area contributed by atoms with E-state index in [1.807, 2.05) is 191 Å². The van der Waals surface area contributed by atoms with Crippen LogP contribution in [0.15, 0.2) is 260 Å². The number of benzene rings is 5. The quantitative estimate of drug-likeness (QED) is 0.0413. The summed E-state index contributed by atoms with van der Waals surface area (Å²) in [6, 6.07) is 67.4. The van der Waals surface area contributed by atoms with Gasteiger partial charge in [0.15, 0.2) is 0 Å². The number of hydrogen-bond acceptors (Lipinski definition) is 31. The van der Waals surface area contributed by atoms with E-state index in [1.54, 1.807) is 86.2 Å². The topological polar surface area (TPSA) is 362 Å². The zero-order chi connectivity index (χ0) is 97.7. The SMILES string of the molecule is Cc1cc(-c2cc3ncccc3c(Nc3ccc4nc(C5CC5)sc4c3)n2)n(C)n1.Cc1noc(C)c1-c1cc2ncccc2c(Nc2ccc3nc(C4CC4)sc3c2)n1.Cn1cc(-c2cc3ncccc3c(Nc3ccc4nc(C5CC5)sc4c3)n2)cn1.Cn1nccc1-c1cc2ncccc2c(Nc2ccc3nc(C4CC4)sc3c2)n1.c1cnc2cc(-c3ccn[nH]3)nc(Nc3ccc4nc(C5CC5)sc4c3)c2c1. The molecule has 20 aromatic heterocycles. The first-order chi connectivity index (χ1) is 71.6. The summed E-state index contributed by atoms with van der Waals surface area (Å²) in [5.41, 5.74) is 25.4. The van der Waals surface area contributed by atoms with E-state index < -0.39 is 0 Å². The molecule has 35 heteroatoms. The minimum Gasteiger partial charge on any atom is -0.361 e. The largest absolute Gasteiger partial charge is 0.361 e. The molecule has 0 saturated heterocycles. The second-order valence-electron chi connectivity index (χ2n) is 37.5. The predicted molar refractivity (Wildman–Crippen MR) is 586 cm³/mol. The van der Waals surface area contributed by atoms with Gasteiger partial charge in [0.2, 0.25) is 0 Å². The van der Waals surface area contributed by atoms with Crippen molar-refractivity contribution in [3.05, 3.63) is 298 Å². The third-order valence-corrected chi connectivity index (χ3v) is 32.3. The molecule has 0 amide bonds. The van der Waals surface area contributed by atoms with E-state index in [-0.39, 0.29) is 0 Å². The van der Waals surface area contributed by atoms with Crippen molar-refractivity contribution >= 4 is 220 Å². The van der Waals surface area contributed by atoms with Crippen molar-refractivity contribution in [2.24, 2.45) is 21.1 Å². The molecule has 0 unspecified atom stereocenters. The summed E-state index contributed by atoms with van der Waals surface area (Å²) in [5.74, 6) is 8.05. The fourth-order valence-corrected chi connectivity index (χ4v) is 24.0. The summed E-state index contributed by atoms with van der Waals surface area (Å²) < 4.78 is 16.9. The lowest BCUT2D eigenvalue weighted by Gasteiger charge is -2.11. The van der Waals surface area contributed by atoms with Gasteiger partial charge < -0.3 is 31.1 Å². The van der Waals surface area contributed by atoms with Crippen molar-refractivity contribution in [2.75, 3.05) is 26.6 Å². The molecule has 0 atom stereocenters. The van der Waals surface area contributed by atoms with Gasteiger partial charge in [-0.25, -0.2) is 49.8 Å². The minimum absolute atomic E-state index is 0.669. The molecule has 30 nitrogen and oxygen atoms in total. The van der Waals surface area contributed by atoms with Gasteiger partial charge in [-0.15, -0.1) is 56.7 Å². The summed E-state index contributed by atoms with van der Waals surface area (Å²) in [4.78, 5) is 71.1. The Morgan fingerprint density at radius 2 is 0.664 bits per heavy atom. The molecule has 0 bridgehead atoms. The van der Waals surface area contributed by atoms with Crippen LogP contribution in [0.5, 0.6) is 0 Å². The maximum absolute atomic E-state index is 5.36. The van der Waals surface area contributed by atoms with Gasteiger partial charge in [-0.2, -0.15) is 20.4 Å². The predicted octanol–water partition coefficient (Wildman–Crippen LogP) is 27.5. The highest BCUT2D eigenvalue weighted by molar-refractivity contribution is 7.20. The van der Waals surface area contributed by atoms with Crippen molar-refractivity contribution in [3.63, 3.8) is 0 Å². The van der Waals surface area contributed by atoms with E-state index >= 15 is 0 Å². The average Bonchev–Trinajstić information content (AvgIpc) is 1.55. The molecule has 5 saturated carbocycles. The fraction of sp³-hybridized carbons (Fsp3) is 0.189. The molecule has 5 fully saturated rings. The van der Waals surface area contributed by atoms with Gasteiger partial charge in [0.25, 0.3) is 0 Å². The lowest BCUT2D eigenvalue weighted by molar-refractivity contribution is 0.393. The number of aromatic nitrogens is 24. The lowest BCUT2D eigenvalue weighted by atomic mass is 10.1. The zero-order valence-corrected chi connectivity index (χ0v) is 84.0. The van der Waals surface area contributed by atoms with E-state index in [0.717, 1.165) is 213 Å². The number of H-pyrrole nitrogens is 1. The molecular weight excluding hydrogens is 1920 g/mol. The zero-order valence-electron chi connectivity index (χ0n) is 79.9. The first kappa shape index (κ1) is 89.5. The summed E-state index contributed by atoms with van der Waals surface area (Å²) in [6.45, 7) is 5.82. The molecule has 30 rings (SSSR count). The second-order valence-corrected chi connectivity index (χ2v) is 42.8. The van der Waals surface area contributed by atoms with Gasteiger partial charge in [0, 0.05) is 161 Å². The fourth-order valence-electron chi connectivity index (χ4n) is 18.1. The molecule has 5 aromatic carbocycles. The number of nitrogens with one attached hydrogen (secondary N) is 6. The number of aryl methyl sites for hydroxylation is 6. The summed E-state index contributed by atoms with van der Waals surface area (Å²) >= 11 is 9.01. The molecule has 0 spiro atoms. The number of nitrogens with zero attached hydrogens (tertiary/aromatic N) is 23. The molecule has 20 heterocycles. The monoisotopic (exact) mass is 2010 g/mol. The number of rotatable bonds is 20. The smallest absolute Gasteiger partial charge is 0.143 e. The van der Waals surface area contributed by atoms with E-state index in [0.29, 0.717) is 29.6 Å². The summed E-state index contributed by atoms with van der Waals surface area (Å²) in [5, 5.41) is 52.9. The van der Waals surface area contributed by atoms with Crippen LogP contribution in [-0.2, 0) is 21.1 Å². The van der Waals surface area contributed by atoms with Crippen molar-refractivity contribution < 1.29 is 4.52 Å². The average molecular weight is 2010 g/mol. The molecule has 5 aliphatic carbocycles. The lowest BCUT2D eigenvalue weighted by Crippen LogP contribution is -2.00. The third kappa shape index (κ3) is 18.8. The number of anilines is 10. The number of thiazole rings is 5. The number of fused-ring (bicyclic) bond motifs is 10. The molecule has 6 N–H and O–H groups in total. The standard InChI is InChI=1S/C23H20N6S.C23H19N5OS.2C22H18N6S.C21H16N6S/c1-13-10-20(29(2)28-13)19-12-18-16(4-3-9-24-18)22(26-19)25-15-7-8-17-21(11-15)30-23(27-17)14-5-6-14;1-12-21(13(2)29-28-12)19-11-18-16(4-3-9-24-18)22(26-19)25-15-7-8-17-20(10-15)30-23(27-17)14-5-6-14;1-28-19(8-10-24-28)18-12-17-15(3-2-9-23-17)21(26-18)25-14-6-7-16-20(11-14)29-22(27-16)13-4-5-13;1-28-12-14(11-24-28)18-10-19-16(3-2-8-23-19)21(26-18)25-15-6-7-17-20(9-15)29-22(27-17)13-4-5-13;1-2-14-17(22-8-1)11-18(15-7-9-23-27-15)25-20(14)24-13-5-6-16-19(10-13)28-21(26-16)12-3-4-12/h3-4,7-12,14H,5-6H2,1-2H3,(H,25,26);3-4,7-11,14H,5-6H2,1-2H3,(H,25,26);2*2-3,6-13H,4-5H2,1H3,(H,25,26);1-2,5-12H,3-4H2,(H,23,27)(H,24,25). The molecule has 5 aliphatic rings. The van der Waals surface area contributed by atoms with Gasteiger partial charge in [-0.1, -0.05) is 5.16 Å². The highest BCUT2D eigenvalue weighted by atomic mass is 32.1. The normalized spacial score (nSPS) is 14.0. The maximum Gasteiger partial charge on any atom is 0.143 e. The first-order valence-corrected chi connectivity index (χ1v) is 52.8. The summed E-state index contributed by atoms with van der Waals surface area (Å²) in [6.07, 6.45) is 29.0. The summed E-state index contributed by atoms with van der Waals surface area (Å²) in [7, 11) is 5.76. The highest BCUT2D eigenvalue weighted by Crippen LogP contribution is 2.50. The minimum atomic E-state index is 0.669. The van der Waals surface area contributed by atoms with Crippen molar-refractivity contribution in [1.82, 2.24) is 119 Å². The van der Waals surface area contributed by atoms with E-state index in [1.165, 1.54) is 113 Å². The molecule has 0 aliphatic heterocycles. The Labute approximate surface area is 854 Å². The Balaban J connectivity index is 0.0000000927. The van der Waals surface area contributed by atoms with Crippen LogP contribution < -0.4 is 26.6 Å². The number of aromatic amines is 1. The van der Waals surface area contributed by atoms with Gasteiger partial charge in [-0.05, 0) is 285 Å². The Morgan fingerprint density at radius 3 is 0.979 bits per heavy atom. The molecule has 25 aromatic rings. The van der Waals surface area contributed by atoms with Crippen LogP contribution >= 0.6 is 56.7 Å². The van der Waals surface area contributed by atoms with Gasteiger partial charge in [0.1, 0.15) is 34.8 Å². The third-order valence-electron chi connectivity index (χ3n) is 26.4. The molecule has 0 radical (unpaired) electrons. The first-order valence-electron chi connectivity index (χ1n) is 48.7. The van der Waals surface area contributed by atoms with E-state index in [9.17, 15) is 0 Å². The van der Waals surface area contributed by atoms with Crippen molar-refractivity contribution in [3.8, 4) is 56.7 Å². The van der Waals surface area contributed by atoms with Crippen molar-refractivity contribution in [2.45, 2.75) is 115 Å². The molecule has 146 heavy (non-hydrogen) atoms. The Hall–Kier alpha value is -16.6. The number of pyridine rings is 10. The molecular formula is C111H91N29OS5. The van der Waals surface area contributed by atoms with Crippen LogP contribution in [0.25, 0.3) is 162 Å². The van der Waals surface area contributed by atoms with Gasteiger partial charge >= 0.3 is 0 Å². The van der Waals surface area contributed by atoms with Crippen LogP contribution in [0.4, 0.5) is 57.5 Å². The van der Waals surface area contributed by atoms with Crippen LogP contribution in [-0.4, -0.2) is 119 Å². The number of hydrogen-bond donors (Lipinski definition) is 6. The maximum atomic E-state index is 5.36. The second kappa shape index (κ2) is 37.6. The van der Waals surface area contributed by atoms with Crippen LogP contribution in [0, 0.1) is 20.8 Å². The van der Waals surface area contributed by atoms with Crippen molar-refractivity contribution in [1.29, 1.82) is 0 Å². The Kier molecular flexibility index (Phi) is 23.1. The van der Waals surface area contributed by atoms with E-state index in [4.69, 9.17) is 54.4 Å². The van der Waals surface area contributed by atoms with Crippen LogP contribution in [0.2, 0.25) is 0 Å². The Morgan fingerprint density at radius 1 is 0.322 bits per heavy atom. The van der Waals surface area contributed by atoms with Gasteiger partial charge in [-0.3, -0.25) is 44.1 Å². The van der Waals surface area contributed by atoms with Crippen LogP contribution in [0.1, 0.15) is 136 Å². The highest BCUT2D eigenvalue weighted by Gasteiger charge is 2.33. The van der Waals surface area contributed by atoms with Gasteiger partial charge in [0.05, 0.1) is 172 Å². The molecule has 716 valence electrons. The van der Waals surface area contributed by atoms with Crippen LogP contribution in [0.3, 0.4) is 0 Å². The van der Waals surface area contributed by atoms with E-state index in [2.05, 4.69) is 173 Å².